The molecular formula is C18H23ClN2O5S. The van der Waals surface area contributed by atoms with Crippen LogP contribution in [0.25, 0.3) is 0 Å². The van der Waals surface area contributed by atoms with E-state index in [4.69, 9.17) is 16.3 Å². The zero-order valence-corrected chi connectivity index (χ0v) is 16.8. The van der Waals surface area contributed by atoms with E-state index in [0.29, 0.717) is 28.6 Å². The number of carbonyl (C=O) groups is 3. The van der Waals surface area contributed by atoms with Crippen LogP contribution in [0.3, 0.4) is 0 Å². The molecule has 2 rings (SSSR count). The summed E-state index contributed by atoms with van der Waals surface area (Å²) in [7, 11) is 1.49. The van der Waals surface area contributed by atoms with Gasteiger partial charge in [-0.05, 0) is 36.1 Å². The second-order valence-electron chi connectivity index (χ2n) is 6.11. The molecule has 0 radical (unpaired) electrons. The topological polar surface area (TPSA) is 95.9 Å². The fourth-order valence-corrected chi connectivity index (χ4v) is 3.74. The van der Waals surface area contributed by atoms with Crippen LogP contribution in [0.15, 0.2) is 18.2 Å². The van der Waals surface area contributed by atoms with Gasteiger partial charge in [0.2, 0.25) is 11.8 Å². The Bertz CT molecular complexity index is 715. The first-order chi connectivity index (χ1) is 12.9. The van der Waals surface area contributed by atoms with E-state index in [1.807, 2.05) is 6.92 Å². The third-order valence-corrected chi connectivity index (χ3v) is 5.46. The second-order valence-corrected chi connectivity index (χ2v) is 7.94. The van der Waals surface area contributed by atoms with Gasteiger partial charge in [-0.25, -0.2) is 4.79 Å². The number of amides is 2. The van der Waals surface area contributed by atoms with Gasteiger partial charge in [0.15, 0.2) is 0 Å². The lowest BCUT2D eigenvalue weighted by molar-refractivity contribution is -0.142. The first-order valence-electron chi connectivity index (χ1n) is 8.62. The number of anilines is 1. The predicted molar refractivity (Wildman–Crippen MR) is 106 cm³/mol. The Morgan fingerprint density at radius 3 is 2.85 bits per heavy atom. The van der Waals surface area contributed by atoms with Crippen molar-refractivity contribution in [2.45, 2.75) is 25.8 Å². The molecule has 148 valence electrons. The molecule has 2 atom stereocenters. The number of thioether (sulfide) groups is 1. The summed E-state index contributed by atoms with van der Waals surface area (Å²) in [5.74, 6) is -0.352. The smallest absolute Gasteiger partial charge is 0.326 e. The van der Waals surface area contributed by atoms with Crippen LogP contribution in [-0.2, 0) is 14.4 Å². The molecule has 1 aliphatic rings. The normalized spacial score (nSPS) is 17.7. The van der Waals surface area contributed by atoms with Crippen LogP contribution in [0.4, 0.5) is 5.69 Å². The summed E-state index contributed by atoms with van der Waals surface area (Å²) in [6.07, 6.45) is 0.351. The number of ether oxygens (including phenoxy) is 1. The lowest BCUT2D eigenvalue weighted by Gasteiger charge is -2.20. The molecule has 1 aromatic rings. The number of hydrogen-bond donors (Lipinski definition) is 2. The van der Waals surface area contributed by atoms with Gasteiger partial charge in [0.25, 0.3) is 0 Å². The first-order valence-corrected chi connectivity index (χ1v) is 10.2. The van der Waals surface area contributed by atoms with E-state index in [-0.39, 0.29) is 18.9 Å². The highest BCUT2D eigenvalue weighted by Crippen LogP contribution is 2.35. The molecule has 0 spiro atoms. The summed E-state index contributed by atoms with van der Waals surface area (Å²) in [6, 6.07) is 3.96. The van der Waals surface area contributed by atoms with Gasteiger partial charge in [-0.1, -0.05) is 18.5 Å². The van der Waals surface area contributed by atoms with Crippen LogP contribution < -0.4 is 15.0 Å². The highest BCUT2D eigenvalue weighted by atomic mass is 35.5. The molecule has 9 heteroatoms. The standard InChI is InChI=1S/C18H23ClN2O5S/c1-3-27-7-6-13(18(24)25)20-17(23)11-8-16(22)21(10-11)14-9-12(19)4-5-15(14)26-2/h4-5,9,11,13H,3,6-8,10H2,1-2H3,(H,20,23)(H,24,25). The van der Waals surface area contributed by atoms with E-state index in [0.717, 1.165) is 5.75 Å². The molecule has 1 aromatic carbocycles. The van der Waals surface area contributed by atoms with Crippen molar-refractivity contribution in [1.29, 1.82) is 0 Å². The molecule has 1 heterocycles. The van der Waals surface area contributed by atoms with E-state index in [1.165, 1.54) is 12.0 Å². The van der Waals surface area contributed by atoms with Gasteiger partial charge < -0.3 is 20.1 Å². The van der Waals surface area contributed by atoms with E-state index in [1.54, 1.807) is 30.0 Å². The minimum Gasteiger partial charge on any atom is -0.495 e. The summed E-state index contributed by atoms with van der Waals surface area (Å²) < 4.78 is 5.27. The summed E-state index contributed by atoms with van der Waals surface area (Å²) in [4.78, 5) is 37.8. The number of carboxylic acids is 1. The number of methoxy groups -OCH3 is 1. The molecule has 1 saturated heterocycles. The molecule has 2 unspecified atom stereocenters. The lowest BCUT2D eigenvalue weighted by Crippen LogP contribution is -2.44. The molecule has 0 saturated carbocycles. The van der Waals surface area contributed by atoms with Crippen molar-refractivity contribution in [3.8, 4) is 5.75 Å². The Kier molecular flexibility index (Phi) is 7.79. The van der Waals surface area contributed by atoms with Crippen LogP contribution in [-0.4, -0.2) is 54.1 Å². The zero-order valence-electron chi connectivity index (χ0n) is 15.2. The van der Waals surface area contributed by atoms with Crippen molar-refractivity contribution in [3.05, 3.63) is 23.2 Å². The maximum absolute atomic E-state index is 12.5. The van der Waals surface area contributed by atoms with E-state index >= 15 is 0 Å². The van der Waals surface area contributed by atoms with Crippen molar-refractivity contribution in [3.63, 3.8) is 0 Å². The molecule has 2 N–H and O–H groups in total. The SMILES string of the molecule is CCSCCC(NC(=O)C1CC(=O)N(c2cc(Cl)ccc2OC)C1)C(=O)O. The van der Waals surface area contributed by atoms with Gasteiger partial charge in [0.05, 0.1) is 18.7 Å². The molecule has 0 aliphatic carbocycles. The van der Waals surface area contributed by atoms with Crippen molar-refractivity contribution in [2.24, 2.45) is 5.92 Å². The summed E-state index contributed by atoms with van der Waals surface area (Å²) >= 11 is 7.64. The van der Waals surface area contributed by atoms with Crippen molar-refractivity contribution in [1.82, 2.24) is 5.32 Å². The second kappa shape index (κ2) is 9.85. The Morgan fingerprint density at radius 2 is 2.22 bits per heavy atom. The number of aliphatic carboxylic acids is 1. The zero-order chi connectivity index (χ0) is 20.0. The highest BCUT2D eigenvalue weighted by molar-refractivity contribution is 7.99. The predicted octanol–water partition coefficient (Wildman–Crippen LogP) is 2.41. The molecule has 1 fully saturated rings. The van der Waals surface area contributed by atoms with Gasteiger partial charge in [-0.3, -0.25) is 9.59 Å². The average Bonchev–Trinajstić information content (AvgIpc) is 3.02. The Morgan fingerprint density at radius 1 is 1.48 bits per heavy atom. The molecular weight excluding hydrogens is 392 g/mol. The fourth-order valence-electron chi connectivity index (χ4n) is 2.88. The largest absolute Gasteiger partial charge is 0.495 e. The van der Waals surface area contributed by atoms with Crippen LogP contribution in [0.1, 0.15) is 19.8 Å². The minimum absolute atomic E-state index is 0.0115. The maximum Gasteiger partial charge on any atom is 0.326 e. The molecule has 2 amide bonds. The Hall–Kier alpha value is -1.93. The Labute approximate surface area is 167 Å². The maximum atomic E-state index is 12.5. The molecule has 27 heavy (non-hydrogen) atoms. The monoisotopic (exact) mass is 414 g/mol. The van der Waals surface area contributed by atoms with Crippen LogP contribution in [0, 0.1) is 5.92 Å². The van der Waals surface area contributed by atoms with Crippen molar-refractivity contribution < 1.29 is 24.2 Å². The molecule has 0 bridgehead atoms. The minimum atomic E-state index is -1.07. The van der Waals surface area contributed by atoms with E-state index < -0.39 is 23.8 Å². The van der Waals surface area contributed by atoms with Crippen molar-refractivity contribution >= 4 is 46.8 Å². The number of carboxylic acid groups (broad SMARTS) is 1. The quantitative estimate of drug-likeness (QED) is 0.602. The molecule has 1 aliphatic heterocycles. The van der Waals surface area contributed by atoms with Crippen LogP contribution >= 0.6 is 23.4 Å². The number of benzene rings is 1. The van der Waals surface area contributed by atoms with Gasteiger partial charge in [0, 0.05) is 18.0 Å². The molecule has 7 nitrogen and oxygen atoms in total. The number of hydrogen-bond acceptors (Lipinski definition) is 5. The molecule has 0 aromatic heterocycles. The van der Waals surface area contributed by atoms with Gasteiger partial charge in [-0.15, -0.1) is 0 Å². The number of carbonyl (C=O) groups excluding carboxylic acids is 2. The van der Waals surface area contributed by atoms with E-state index in [9.17, 15) is 19.5 Å². The number of halogens is 1. The third kappa shape index (κ3) is 5.52. The first kappa shape index (κ1) is 21.4. The highest BCUT2D eigenvalue weighted by Gasteiger charge is 2.37. The van der Waals surface area contributed by atoms with Crippen LogP contribution in [0.5, 0.6) is 5.75 Å². The van der Waals surface area contributed by atoms with Gasteiger partial charge in [-0.2, -0.15) is 11.8 Å². The van der Waals surface area contributed by atoms with E-state index in [2.05, 4.69) is 5.32 Å². The fraction of sp³-hybridized carbons (Fsp3) is 0.500. The lowest BCUT2D eigenvalue weighted by atomic mass is 10.1. The average molecular weight is 415 g/mol. The number of rotatable bonds is 9. The van der Waals surface area contributed by atoms with Gasteiger partial charge in [0.1, 0.15) is 11.8 Å². The van der Waals surface area contributed by atoms with Crippen LogP contribution in [0.2, 0.25) is 5.02 Å². The number of nitrogens with zero attached hydrogens (tertiary/aromatic N) is 1. The summed E-state index contributed by atoms with van der Waals surface area (Å²) in [5.41, 5.74) is 0.499. The van der Waals surface area contributed by atoms with Crippen molar-refractivity contribution in [2.75, 3.05) is 30.1 Å². The number of nitrogens with one attached hydrogen (secondary N) is 1. The Balaban J connectivity index is 2.06. The van der Waals surface area contributed by atoms with Gasteiger partial charge >= 0.3 is 5.97 Å². The third-order valence-electron chi connectivity index (χ3n) is 4.30. The summed E-state index contributed by atoms with van der Waals surface area (Å²) in [5, 5.41) is 12.3. The summed E-state index contributed by atoms with van der Waals surface area (Å²) in [6.45, 7) is 2.14.